The van der Waals surface area contributed by atoms with E-state index >= 15 is 0 Å². The number of methoxy groups -OCH3 is 1. The van der Waals surface area contributed by atoms with Gasteiger partial charge in [-0.15, -0.1) is 0 Å². The van der Waals surface area contributed by atoms with Gasteiger partial charge in [0.2, 0.25) is 5.91 Å². The normalized spacial score (nSPS) is 15.3. The van der Waals surface area contributed by atoms with E-state index in [4.69, 9.17) is 14.5 Å². The summed E-state index contributed by atoms with van der Waals surface area (Å²) in [6.07, 6.45) is 5.12. The van der Waals surface area contributed by atoms with Crippen molar-refractivity contribution in [3.63, 3.8) is 0 Å². The maximum atomic E-state index is 13.1. The highest BCUT2D eigenvalue weighted by Crippen LogP contribution is 2.37. The van der Waals surface area contributed by atoms with Crippen molar-refractivity contribution in [1.82, 2.24) is 14.5 Å². The summed E-state index contributed by atoms with van der Waals surface area (Å²) in [5, 5.41) is 0. The summed E-state index contributed by atoms with van der Waals surface area (Å²) in [6, 6.07) is 4.46. The minimum absolute atomic E-state index is 0.0904. The maximum absolute atomic E-state index is 13.1. The van der Waals surface area contributed by atoms with Gasteiger partial charge >= 0.3 is 0 Å². The van der Waals surface area contributed by atoms with Gasteiger partial charge in [-0.3, -0.25) is 9.36 Å². The summed E-state index contributed by atoms with van der Waals surface area (Å²) in [7, 11) is 3.62. The molecule has 1 aromatic heterocycles. The van der Waals surface area contributed by atoms with E-state index in [0.717, 1.165) is 53.5 Å². The summed E-state index contributed by atoms with van der Waals surface area (Å²) in [6.45, 7) is 11.8. The van der Waals surface area contributed by atoms with Crippen LogP contribution < -0.4 is 4.74 Å². The predicted octanol–water partition coefficient (Wildman–Crippen LogP) is 4.39. The minimum Gasteiger partial charge on any atom is -0.496 e. The van der Waals surface area contributed by atoms with E-state index in [-0.39, 0.29) is 11.4 Å². The second-order valence-electron chi connectivity index (χ2n) is 10.6. The van der Waals surface area contributed by atoms with Crippen molar-refractivity contribution in [3.8, 4) is 11.4 Å². The van der Waals surface area contributed by atoms with Gasteiger partial charge in [0.05, 0.1) is 38.1 Å². The zero-order valence-electron chi connectivity index (χ0n) is 21.1. The molecule has 0 atom stereocenters. The molecule has 33 heavy (non-hydrogen) atoms. The smallest absolute Gasteiger partial charge is 0.228 e. The van der Waals surface area contributed by atoms with Crippen LogP contribution in [-0.4, -0.2) is 53.3 Å². The minimum atomic E-state index is -0.226. The number of fused-ring (bicyclic) bond motifs is 3. The molecule has 0 aliphatic carbocycles. The highest BCUT2D eigenvalue weighted by molar-refractivity contribution is 5.80. The first-order valence-corrected chi connectivity index (χ1v) is 11.9. The third-order valence-corrected chi connectivity index (χ3v) is 6.73. The molecular weight excluding hydrogens is 414 g/mol. The third-order valence-electron chi connectivity index (χ3n) is 6.73. The van der Waals surface area contributed by atoms with Crippen molar-refractivity contribution in [1.29, 1.82) is 0 Å². The van der Waals surface area contributed by atoms with Crippen LogP contribution in [0, 0.1) is 5.92 Å². The Bertz CT molecular complexity index is 1090. The quantitative estimate of drug-likeness (QED) is 0.654. The van der Waals surface area contributed by atoms with Gasteiger partial charge in [-0.2, -0.15) is 0 Å². The molecule has 0 unspecified atom stereocenters. The molecule has 0 saturated heterocycles. The number of likely N-dealkylation sites (N-methyl/N-ethyl adjacent to an activating group) is 1. The Kier molecular flexibility index (Phi) is 6.41. The number of benzene rings is 1. The van der Waals surface area contributed by atoms with Gasteiger partial charge in [-0.1, -0.05) is 13.8 Å². The molecule has 0 spiro atoms. The first-order chi connectivity index (χ1) is 15.6. The number of carbonyl (C=O) groups excluding carboxylic acids is 1. The van der Waals surface area contributed by atoms with E-state index in [1.165, 1.54) is 11.1 Å². The molecule has 0 bridgehead atoms. The number of ether oxygens (including phenoxy) is 2. The first-order valence-electron chi connectivity index (χ1n) is 11.9. The average molecular weight is 452 g/mol. The monoisotopic (exact) mass is 451 g/mol. The number of hydrogen-bond acceptors (Lipinski definition) is 4. The number of carbonyl (C=O) groups is 1. The van der Waals surface area contributed by atoms with Gasteiger partial charge in [0, 0.05) is 23.9 Å². The molecule has 6 nitrogen and oxygen atoms in total. The van der Waals surface area contributed by atoms with Crippen LogP contribution in [0.2, 0.25) is 0 Å². The predicted molar refractivity (Wildman–Crippen MR) is 131 cm³/mol. The van der Waals surface area contributed by atoms with Crippen molar-refractivity contribution < 1.29 is 14.3 Å². The van der Waals surface area contributed by atoms with E-state index in [2.05, 4.69) is 57.4 Å². The molecule has 0 fully saturated rings. The Labute approximate surface area is 197 Å². The molecule has 4 rings (SSSR count). The number of nitrogens with zero attached hydrogens (tertiary/aromatic N) is 3. The Balaban J connectivity index is 1.83. The van der Waals surface area contributed by atoms with Gasteiger partial charge in [0.1, 0.15) is 11.6 Å². The Hall–Kier alpha value is -2.60. The van der Waals surface area contributed by atoms with Crippen LogP contribution in [0.5, 0.6) is 5.75 Å². The van der Waals surface area contributed by atoms with Crippen LogP contribution in [0.1, 0.15) is 63.0 Å². The summed E-state index contributed by atoms with van der Waals surface area (Å²) < 4.78 is 13.7. The van der Waals surface area contributed by atoms with Crippen LogP contribution in [0.25, 0.3) is 11.3 Å². The fourth-order valence-corrected chi connectivity index (χ4v) is 4.66. The number of amides is 1. The average Bonchev–Trinajstić information content (AvgIpc) is 3.40. The van der Waals surface area contributed by atoms with Crippen LogP contribution in [-0.2, 0) is 35.2 Å². The van der Waals surface area contributed by atoms with E-state index in [9.17, 15) is 4.79 Å². The topological polar surface area (TPSA) is 56.6 Å². The molecule has 0 saturated carbocycles. The van der Waals surface area contributed by atoms with Crippen LogP contribution in [0.4, 0.5) is 0 Å². The Morgan fingerprint density at radius 1 is 1.27 bits per heavy atom. The largest absolute Gasteiger partial charge is 0.496 e. The second-order valence-corrected chi connectivity index (χ2v) is 10.6. The molecule has 2 aliphatic rings. The van der Waals surface area contributed by atoms with E-state index in [0.29, 0.717) is 25.6 Å². The van der Waals surface area contributed by atoms with Crippen molar-refractivity contribution >= 4 is 11.5 Å². The Morgan fingerprint density at radius 3 is 2.64 bits per heavy atom. The van der Waals surface area contributed by atoms with Crippen molar-refractivity contribution in [3.05, 3.63) is 46.5 Å². The lowest BCUT2D eigenvalue weighted by Crippen LogP contribution is -2.43. The number of hydrogen-bond donors (Lipinski definition) is 0. The highest BCUT2D eigenvalue weighted by atomic mass is 16.5. The van der Waals surface area contributed by atoms with E-state index in [1.807, 2.05) is 11.9 Å². The molecule has 1 aromatic carbocycles. The SMILES string of the molecule is COc1cc2c(cc1CC(C)C)-n1c(C3=CCOC3)nc(CC(=O)N(C)C(C)(C)C)c1CC2. The van der Waals surface area contributed by atoms with Crippen LogP contribution >= 0.6 is 0 Å². The molecule has 2 aromatic rings. The van der Waals surface area contributed by atoms with Gasteiger partial charge in [0.25, 0.3) is 0 Å². The molecular formula is C27H37N3O3. The van der Waals surface area contributed by atoms with Crippen LogP contribution in [0.3, 0.4) is 0 Å². The molecule has 1 amide bonds. The number of rotatable bonds is 6. The standard InChI is InChI=1S/C27H37N3O3/c1-17(2)12-20-13-23-18(14-24(20)32-7)8-9-22-21(15-25(31)29(6)27(3,4)5)28-26(30(22)23)19-10-11-33-16-19/h10,13-14,17H,8-9,11-12,15-16H2,1-7H3. The van der Waals surface area contributed by atoms with E-state index in [1.54, 1.807) is 7.11 Å². The summed E-state index contributed by atoms with van der Waals surface area (Å²) in [4.78, 5) is 20.0. The van der Waals surface area contributed by atoms with Gasteiger partial charge in [-0.25, -0.2) is 4.98 Å². The fraction of sp³-hybridized carbons (Fsp3) is 0.556. The molecule has 0 radical (unpaired) electrons. The Morgan fingerprint density at radius 2 is 2.03 bits per heavy atom. The zero-order chi connectivity index (χ0) is 23.9. The number of aryl methyl sites for hydroxylation is 1. The van der Waals surface area contributed by atoms with Crippen LogP contribution in [0.15, 0.2) is 18.2 Å². The van der Waals surface area contributed by atoms with Gasteiger partial charge in [-0.05, 0) is 75.3 Å². The lowest BCUT2D eigenvalue weighted by atomic mass is 9.94. The molecule has 0 N–H and O–H groups in total. The van der Waals surface area contributed by atoms with Gasteiger partial charge in [0.15, 0.2) is 0 Å². The summed E-state index contributed by atoms with van der Waals surface area (Å²) >= 11 is 0. The fourth-order valence-electron chi connectivity index (χ4n) is 4.66. The van der Waals surface area contributed by atoms with Crippen molar-refractivity contribution in [2.24, 2.45) is 5.92 Å². The number of imidazole rings is 1. The second kappa shape index (κ2) is 8.98. The molecule has 3 heterocycles. The van der Waals surface area contributed by atoms with E-state index < -0.39 is 0 Å². The van der Waals surface area contributed by atoms with Crippen molar-refractivity contribution in [2.75, 3.05) is 27.4 Å². The van der Waals surface area contributed by atoms with Gasteiger partial charge < -0.3 is 14.4 Å². The lowest BCUT2D eigenvalue weighted by Gasteiger charge is -2.32. The summed E-state index contributed by atoms with van der Waals surface area (Å²) in [5.41, 5.74) is 6.51. The zero-order valence-corrected chi connectivity index (χ0v) is 21.1. The molecule has 6 heteroatoms. The first kappa shape index (κ1) is 23.6. The number of aromatic nitrogens is 2. The molecule has 2 aliphatic heterocycles. The molecule has 178 valence electrons. The van der Waals surface area contributed by atoms with Crippen molar-refractivity contribution in [2.45, 2.75) is 65.8 Å². The lowest BCUT2D eigenvalue weighted by molar-refractivity contribution is -0.133. The third kappa shape index (κ3) is 4.58. The maximum Gasteiger partial charge on any atom is 0.228 e. The highest BCUT2D eigenvalue weighted by Gasteiger charge is 2.30. The summed E-state index contributed by atoms with van der Waals surface area (Å²) in [5.74, 6) is 2.48.